The van der Waals surface area contributed by atoms with Gasteiger partial charge in [-0.05, 0) is 17.7 Å². The van der Waals surface area contributed by atoms with Gasteiger partial charge >= 0.3 is 6.18 Å². The summed E-state index contributed by atoms with van der Waals surface area (Å²) in [5, 5.41) is 6.48. The third-order valence-corrected chi connectivity index (χ3v) is 4.56. The molecule has 2 aromatic heterocycles. The van der Waals surface area contributed by atoms with Crippen molar-refractivity contribution >= 4 is 15.7 Å². The first kappa shape index (κ1) is 17.2. The lowest BCUT2D eigenvalue weighted by Gasteiger charge is -2.21. The van der Waals surface area contributed by atoms with Crippen LogP contribution in [0.3, 0.4) is 0 Å². The lowest BCUT2D eigenvalue weighted by atomic mass is 10.1. The maximum absolute atomic E-state index is 13.3. The summed E-state index contributed by atoms with van der Waals surface area (Å²) in [6.07, 6.45) is -2.63. The van der Waals surface area contributed by atoms with E-state index < -0.39 is 38.6 Å². The second-order valence-corrected chi connectivity index (χ2v) is 6.63. The van der Waals surface area contributed by atoms with Crippen LogP contribution >= 0.6 is 0 Å². The van der Waals surface area contributed by atoms with Crippen LogP contribution in [-0.2, 0) is 10.0 Å². The molecule has 0 saturated carbocycles. The molecular weight excluding hydrogens is 366 g/mol. The van der Waals surface area contributed by atoms with Crippen LogP contribution in [-0.4, -0.2) is 34.2 Å². The van der Waals surface area contributed by atoms with Crippen molar-refractivity contribution in [3.05, 3.63) is 54.4 Å². The van der Waals surface area contributed by atoms with E-state index in [9.17, 15) is 26.0 Å². The fourth-order valence-electron chi connectivity index (χ4n) is 2.05. The molecule has 1 aromatic carbocycles. The first-order chi connectivity index (χ1) is 11.7. The van der Waals surface area contributed by atoms with E-state index in [2.05, 4.69) is 15.2 Å². The summed E-state index contributed by atoms with van der Waals surface area (Å²) >= 11 is 0. The predicted octanol–water partition coefficient (Wildman–Crippen LogP) is 1.85. The van der Waals surface area contributed by atoms with Crippen LogP contribution in [0, 0.1) is 5.82 Å². The van der Waals surface area contributed by atoms with Gasteiger partial charge in [-0.25, -0.2) is 17.8 Å². The summed E-state index contributed by atoms with van der Waals surface area (Å²) in [6.45, 7) is 0. The number of sulfonamides is 1. The van der Waals surface area contributed by atoms with Crippen molar-refractivity contribution < 1.29 is 26.0 Å². The molecule has 0 aliphatic heterocycles. The van der Waals surface area contributed by atoms with Crippen LogP contribution in [0.2, 0.25) is 0 Å². The van der Waals surface area contributed by atoms with E-state index in [1.807, 2.05) is 0 Å². The van der Waals surface area contributed by atoms with Crippen molar-refractivity contribution in [3.63, 3.8) is 0 Å². The van der Waals surface area contributed by atoms with E-state index in [0.717, 1.165) is 36.7 Å². The van der Waals surface area contributed by atoms with E-state index in [1.54, 1.807) is 4.72 Å². The van der Waals surface area contributed by atoms with Gasteiger partial charge in [0.2, 0.25) is 0 Å². The lowest BCUT2D eigenvalue weighted by Crippen LogP contribution is -2.38. The predicted molar refractivity (Wildman–Crippen MR) is 76.3 cm³/mol. The fourth-order valence-corrected chi connectivity index (χ4v) is 3.20. The minimum Gasteiger partial charge on any atom is -0.272 e. The molecule has 0 radical (unpaired) electrons. The second kappa shape index (κ2) is 6.04. The molecule has 25 heavy (non-hydrogen) atoms. The zero-order valence-electron chi connectivity index (χ0n) is 12.1. The SMILES string of the molecule is O=S(=O)(NC(c1ccc(F)cc1)C(F)(F)F)c1cc2nncn2cn1. The number of aromatic nitrogens is 4. The zero-order valence-corrected chi connectivity index (χ0v) is 13.0. The highest BCUT2D eigenvalue weighted by Crippen LogP contribution is 2.34. The lowest BCUT2D eigenvalue weighted by molar-refractivity contribution is -0.153. The molecule has 2 heterocycles. The molecule has 0 bridgehead atoms. The molecule has 7 nitrogen and oxygen atoms in total. The molecular formula is C13H9F4N5O2S. The van der Waals surface area contributed by atoms with Gasteiger partial charge in [-0.2, -0.15) is 17.9 Å². The molecule has 1 N–H and O–H groups in total. The molecule has 0 spiro atoms. The number of nitrogens with one attached hydrogen (secondary N) is 1. The number of nitrogens with zero attached hydrogens (tertiary/aromatic N) is 4. The van der Waals surface area contributed by atoms with Crippen molar-refractivity contribution in [2.24, 2.45) is 0 Å². The smallest absolute Gasteiger partial charge is 0.272 e. The van der Waals surface area contributed by atoms with Crippen LogP contribution in [0.4, 0.5) is 17.6 Å². The first-order valence-electron chi connectivity index (χ1n) is 6.67. The molecule has 0 fully saturated rings. The number of hydrogen-bond donors (Lipinski definition) is 1. The summed E-state index contributed by atoms with van der Waals surface area (Å²) in [5.74, 6) is -0.744. The molecule has 0 saturated heterocycles. The average molecular weight is 375 g/mol. The van der Waals surface area contributed by atoms with Crippen LogP contribution in [0.5, 0.6) is 0 Å². The highest BCUT2D eigenvalue weighted by Gasteiger charge is 2.43. The Balaban J connectivity index is 1.98. The van der Waals surface area contributed by atoms with Gasteiger partial charge < -0.3 is 0 Å². The van der Waals surface area contributed by atoms with Crippen LogP contribution < -0.4 is 4.72 Å². The minimum absolute atomic E-state index is 0.0979. The molecule has 3 aromatic rings. The maximum Gasteiger partial charge on any atom is 0.408 e. The standard InChI is InChI=1S/C13H9F4N5O2S/c14-9-3-1-8(2-4-9)12(13(15,16)17)21-25(23,24)11-5-10-20-19-7-22(10)6-18-11/h1-7,12,21H. The van der Waals surface area contributed by atoms with Gasteiger partial charge in [-0.3, -0.25) is 4.40 Å². The van der Waals surface area contributed by atoms with Crippen LogP contribution in [0.1, 0.15) is 11.6 Å². The van der Waals surface area contributed by atoms with E-state index in [4.69, 9.17) is 0 Å². The molecule has 132 valence electrons. The Morgan fingerprint density at radius 3 is 2.44 bits per heavy atom. The highest BCUT2D eigenvalue weighted by molar-refractivity contribution is 7.89. The third-order valence-electron chi connectivity index (χ3n) is 3.24. The Bertz CT molecular complexity index is 1000. The Labute approximate surface area is 138 Å². The van der Waals surface area contributed by atoms with Crippen LogP contribution in [0.15, 0.2) is 48.0 Å². The number of halogens is 4. The van der Waals surface area contributed by atoms with Crippen LogP contribution in [0.25, 0.3) is 5.65 Å². The molecule has 0 aliphatic rings. The van der Waals surface area contributed by atoms with Crippen molar-refractivity contribution in [3.8, 4) is 0 Å². The summed E-state index contributed by atoms with van der Waals surface area (Å²) < 4.78 is 80.2. The van der Waals surface area contributed by atoms with Crippen molar-refractivity contribution in [1.29, 1.82) is 0 Å². The normalized spacial score (nSPS) is 13.9. The molecule has 0 amide bonds. The Morgan fingerprint density at radius 1 is 1.12 bits per heavy atom. The van der Waals surface area contributed by atoms with Gasteiger partial charge in [-0.1, -0.05) is 12.1 Å². The topological polar surface area (TPSA) is 89.2 Å². The van der Waals surface area contributed by atoms with Gasteiger partial charge in [0.1, 0.15) is 24.5 Å². The third kappa shape index (κ3) is 3.58. The van der Waals surface area contributed by atoms with E-state index in [1.165, 1.54) is 10.7 Å². The molecule has 1 unspecified atom stereocenters. The van der Waals surface area contributed by atoms with Crippen molar-refractivity contribution in [1.82, 2.24) is 24.3 Å². The molecule has 1 atom stereocenters. The first-order valence-corrected chi connectivity index (χ1v) is 8.15. The fraction of sp³-hybridized carbons (Fsp3) is 0.154. The number of hydrogen-bond acceptors (Lipinski definition) is 5. The summed E-state index contributed by atoms with van der Waals surface area (Å²) in [4.78, 5) is 3.60. The monoisotopic (exact) mass is 375 g/mol. The van der Waals surface area contributed by atoms with Gasteiger partial charge in [0.25, 0.3) is 10.0 Å². The quantitative estimate of drug-likeness (QED) is 0.555. The van der Waals surface area contributed by atoms with Gasteiger partial charge in [-0.15, -0.1) is 10.2 Å². The Morgan fingerprint density at radius 2 is 1.80 bits per heavy atom. The van der Waals surface area contributed by atoms with Gasteiger partial charge in [0.15, 0.2) is 10.7 Å². The number of fused-ring (bicyclic) bond motifs is 1. The highest BCUT2D eigenvalue weighted by atomic mass is 32.2. The zero-order chi connectivity index (χ0) is 18.2. The number of rotatable bonds is 4. The molecule has 3 rings (SSSR count). The second-order valence-electron chi connectivity index (χ2n) is 4.97. The van der Waals surface area contributed by atoms with E-state index in [0.29, 0.717) is 0 Å². The van der Waals surface area contributed by atoms with E-state index >= 15 is 0 Å². The summed E-state index contributed by atoms with van der Waals surface area (Å²) in [7, 11) is -4.63. The molecule has 12 heteroatoms. The molecule has 0 aliphatic carbocycles. The van der Waals surface area contributed by atoms with Crippen molar-refractivity contribution in [2.75, 3.05) is 0 Å². The largest absolute Gasteiger partial charge is 0.408 e. The van der Waals surface area contributed by atoms with Crippen molar-refractivity contribution in [2.45, 2.75) is 17.2 Å². The van der Waals surface area contributed by atoms with Gasteiger partial charge in [0, 0.05) is 6.07 Å². The minimum atomic E-state index is -4.94. The Kier molecular flexibility index (Phi) is 4.16. The number of alkyl halides is 3. The van der Waals surface area contributed by atoms with E-state index in [-0.39, 0.29) is 5.65 Å². The maximum atomic E-state index is 13.3. The number of benzene rings is 1. The summed E-state index contributed by atoms with van der Waals surface area (Å²) in [6, 6.07) is 1.74. The average Bonchev–Trinajstić information content (AvgIpc) is 3.00. The Hall–Kier alpha value is -2.60. The van der Waals surface area contributed by atoms with Gasteiger partial charge in [0.05, 0.1) is 0 Å². The summed E-state index contributed by atoms with van der Waals surface area (Å²) in [5.41, 5.74) is -0.359.